The van der Waals surface area contributed by atoms with Crippen molar-refractivity contribution < 1.29 is 14.3 Å². The number of nitrogens with one attached hydrogen (secondary N) is 1. The van der Waals surface area contributed by atoms with E-state index in [-0.39, 0.29) is 24.1 Å². The molecule has 3 aromatic rings. The molecule has 170 valence electrons. The minimum Gasteiger partial charge on any atom is -0.383 e. The minimum absolute atomic E-state index is 0.0249. The fourth-order valence-corrected chi connectivity index (χ4v) is 4.47. The lowest BCUT2D eigenvalue weighted by molar-refractivity contribution is -0.131. The van der Waals surface area contributed by atoms with Crippen LogP contribution in [0.4, 0.5) is 5.69 Å². The number of carbonyl (C=O) groups is 2. The molecule has 32 heavy (non-hydrogen) atoms. The Balaban J connectivity index is 1.63. The molecule has 0 aliphatic carbocycles. The van der Waals surface area contributed by atoms with E-state index in [1.54, 1.807) is 20.2 Å². The van der Waals surface area contributed by atoms with Gasteiger partial charge in [-0.05, 0) is 43.2 Å². The number of carbonyl (C=O) groups excluding carboxylic acids is 2. The molecule has 2 amide bonds. The number of ether oxygens (including phenoxy) is 1. The summed E-state index contributed by atoms with van der Waals surface area (Å²) in [6.07, 6.45) is 0. The highest BCUT2D eigenvalue weighted by atomic mass is 35.5. The summed E-state index contributed by atoms with van der Waals surface area (Å²) in [5.41, 5.74) is 4.46. The number of nitrogens with zero attached hydrogens (tertiary/aromatic N) is 3. The van der Waals surface area contributed by atoms with Gasteiger partial charge in [0.25, 0.3) is 0 Å². The SMILES string of the molecule is COCCn1c(SCC(=O)N(C)CC(=O)Nc2c(C)cccc2C)nc2cc(Cl)ccc21. The first-order valence-electron chi connectivity index (χ1n) is 10.2. The summed E-state index contributed by atoms with van der Waals surface area (Å²) in [4.78, 5) is 31.2. The number of hydrogen-bond acceptors (Lipinski definition) is 5. The Kier molecular flexibility index (Phi) is 8.17. The topological polar surface area (TPSA) is 76.5 Å². The monoisotopic (exact) mass is 474 g/mol. The predicted molar refractivity (Wildman–Crippen MR) is 130 cm³/mol. The van der Waals surface area contributed by atoms with Crippen LogP contribution in [0.1, 0.15) is 11.1 Å². The Bertz CT molecular complexity index is 1110. The smallest absolute Gasteiger partial charge is 0.243 e. The van der Waals surface area contributed by atoms with Crippen molar-refractivity contribution >= 4 is 51.9 Å². The average Bonchev–Trinajstić information content (AvgIpc) is 3.09. The zero-order chi connectivity index (χ0) is 23.3. The zero-order valence-electron chi connectivity index (χ0n) is 18.6. The summed E-state index contributed by atoms with van der Waals surface area (Å²) in [5, 5.41) is 4.23. The van der Waals surface area contributed by atoms with E-state index < -0.39 is 0 Å². The Morgan fingerprint density at radius 1 is 1.22 bits per heavy atom. The Morgan fingerprint density at radius 2 is 1.94 bits per heavy atom. The molecule has 1 heterocycles. The normalized spacial score (nSPS) is 11.0. The maximum absolute atomic E-state index is 12.7. The molecule has 0 atom stereocenters. The maximum atomic E-state index is 12.7. The molecule has 1 aromatic heterocycles. The lowest BCUT2D eigenvalue weighted by Gasteiger charge is -2.18. The lowest BCUT2D eigenvalue weighted by atomic mass is 10.1. The van der Waals surface area contributed by atoms with Gasteiger partial charge in [0, 0.05) is 31.4 Å². The number of fused-ring (bicyclic) bond motifs is 1. The number of hydrogen-bond donors (Lipinski definition) is 1. The Hall–Kier alpha value is -2.55. The van der Waals surface area contributed by atoms with Crippen molar-refractivity contribution in [1.29, 1.82) is 0 Å². The molecule has 0 saturated carbocycles. The van der Waals surface area contributed by atoms with Crippen molar-refractivity contribution in [2.45, 2.75) is 25.5 Å². The number of imidazole rings is 1. The van der Waals surface area contributed by atoms with Gasteiger partial charge in [0.15, 0.2) is 5.16 Å². The second-order valence-electron chi connectivity index (χ2n) is 7.53. The van der Waals surface area contributed by atoms with Crippen LogP contribution in [0.3, 0.4) is 0 Å². The van der Waals surface area contributed by atoms with Gasteiger partial charge in [0.1, 0.15) is 0 Å². The van der Waals surface area contributed by atoms with Gasteiger partial charge in [0.2, 0.25) is 11.8 Å². The first-order chi connectivity index (χ1) is 15.3. The number of aryl methyl sites for hydroxylation is 2. The second kappa shape index (κ2) is 10.8. The van der Waals surface area contributed by atoms with E-state index in [4.69, 9.17) is 16.3 Å². The number of para-hydroxylation sites is 1. The third-order valence-corrected chi connectivity index (χ3v) is 6.27. The van der Waals surface area contributed by atoms with E-state index in [2.05, 4.69) is 10.3 Å². The molecule has 0 saturated heterocycles. The number of aromatic nitrogens is 2. The third-order valence-electron chi connectivity index (χ3n) is 5.07. The molecule has 1 N–H and O–H groups in total. The molecule has 2 aromatic carbocycles. The van der Waals surface area contributed by atoms with E-state index >= 15 is 0 Å². The number of rotatable bonds is 9. The summed E-state index contributed by atoms with van der Waals surface area (Å²) in [7, 11) is 3.27. The van der Waals surface area contributed by atoms with Gasteiger partial charge in [-0.3, -0.25) is 9.59 Å². The summed E-state index contributed by atoms with van der Waals surface area (Å²) < 4.78 is 7.23. The van der Waals surface area contributed by atoms with Crippen LogP contribution in [0.15, 0.2) is 41.6 Å². The fourth-order valence-electron chi connectivity index (χ4n) is 3.32. The number of benzene rings is 2. The van der Waals surface area contributed by atoms with Crippen molar-refractivity contribution in [2.75, 3.05) is 38.4 Å². The third kappa shape index (κ3) is 5.82. The number of anilines is 1. The molecule has 0 bridgehead atoms. The van der Waals surface area contributed by atoms with Crippen molar-refractivity contribution in [2.24, 2.45) is 0 Å². The highest BCUT2D eigenvalue weighted by Crippen LogP contribution is 2.26. The van der Waals surface area contributed by atoms with Gasteiger partial charge in [0.05, 0.1) is 29.9 Å². The number of likely N-dealkylation sites (N-methyl/N-ethyl adjacent to an activating group) is 1. The van der Waals surface area contributed by atoms with Crippen molar-refractivity contribution in [3.63, 3.8) is 0 Å². The Labute approximate surface area is 197 Å². The summed E-state index contributed by atoms with van der Waals surface area (Å²) in [6, 6.07) is 11.4. The van der Waals surface area contributed by atoms with E-state index in [0.29, 0.717) is 23.3 Å². The van der Waals surface area contributed by atoms with Crippen molar-refractivity contribution in [3.05, 3.63) is 52.5 Å². The van der Waals surface area contributed by atoms with E-state index in [1.807, 2.05) is 48.7 Å². The molecular formula is C23H27ClN4O3S. The van der Waals surface area contributed by atoms with E-state index in [0.717, 1.165) is 27.8 Å². The van der Waals surface area contributed by atoms with Crippen LogP contribution in [0.5, 0.6) is 0 Å². The lowest BCUT2D eigenvalue weighted by Crippen LogP contribution is -2.36. The highest BCUT2D eigenvalue weighted by molar-refractivity contribution is 7.99. The predicted octanol–water partition coefficient (Wildman–Crippen LogP) is 4.14. The van der Waals surface area contributed by atoms with Crippen LogP contribution in [-0.2, 0) is 20.9 Å². The van der Waals surface area contributed by atoms with Gasteiger partial charge < -0.3 is 19.5 Å². The van der Waals surface area contributed by atoms with Crippen LogP contribution in [0, 0.1) is 13.8 Å². The molecule has 3 rings (SSSR count). The molecule has 7 nitrogen and oxygen atoms in total. The summed E-state index contributed by atoms with van der Waals surface area (Å²) in [5.74, 6) is -0.225. The van der Waals surface area contributed by atoms with E-state index in [9.17, 15) is 9.59 Å². The number of thioether (sulfide) groups is 1. The fraction of sp³-hybridized carbons (Fsp3) is 0.348. The van der Waals surface area contributed by atoms with Crippen molar-refractivity contribution in [3.8, 4) is 0 Å². The first-order valence-corrected chi connectivity index (χ1v) is 11.5. The van der Waals surface area contributed by atoms with Gasteiger partial charge in [-0.25, -0.2) is 4.98 Å². The molecule has 0 spiro atoms. The first kappa shape index (κ1) is 24.1. The van der Waals surface area contributed by atoms with Gasteiger partial charge >= 0.3 is 0 Å². The molecule has 0 fully saturated rings. The maximum Gasteiger partial charge on any atom is 0.243 e. The molecule has 0 radical (unpaired) electrons. The van der Waals surface area contributed by atoms with Gasteiger partial charge in [-0.2, -0.15) is 0 Å². The second-order valence-corrected chi connectivity index (χ2v) is 8.90. The Morgan fingerprint density at radius 3 is 2.62 bits per heavy atom. The van der Waals surface area contributed by atoms with Crippen LogP contribution in [0.2, 0.25) is 5.02 Å². The van der Waals surface area contributed by atoms with Crippen LogP contribution >= 0.6 is 23.4 Å². The van der Waals surface area contributed by atoms with Crippen LogP contribution < -0.4 is 5.32 Å². The number of methoxy groups -OCH3 is 1. The summed E-state index contributed by atoms with van der Waals surface area (Å²) >= 11 is 7.43. The number of halogens is 1. The largest absolute Gasteiger partial charge is 0.383 e. The standard InChI is InChI=1S/C23H27ClN4O3S/c1-15-6-5-7-16(2)22(15)26-20(29)13-27(3)21(30)14-32-23-25-18-12-17(24)8-9-19(18)28(23)10-11-31-4/h5-9,12H,10-11,13-14H2,1-4H3,(H,26,29). The summed E-state index contributed by atoms with van der Waals surface area (Å²) in [6.45, 7) is 4.99. The highest BCUT2D eigenvalue weighted by Gasteiger charge is 2.17. The quantitative estimate of drug-likeness (QED) is 0.471. The van der Waals surface area contributed by atoms with Gasteiger partial charge in [-0.15, -0.1) is 0 Å². The molecule has 9 heteroatoms. The zero-order valence-corrected chi connectivity index (χ0v) is 20.2. The molecule has 0 aliphatic rings. The van der Waals surface area contributed by atoms with Crippen molar-refractivity contribution in [1.82, 2.24) is 14.5 Å². The molecular weight excluding hydrogens is 448 g/mol. The molecule has 0 unspecified atom stereocenters. The van der Waals surface area contributed by atoms with Gasteiger partial charge in [-0.1, -0.05) is 41.6 Å². The van der Waals surface area contributed by atoms with Crippen LogP contribution in [0.25, 0.3) is 11.0 Å². The minimum atomic E-state index is -0.231. The van der Waals surface area contributed by atoms with Crippen LogP contribution in [-0.4, -0.2) is 59.3 Å². The molecule has 0 aliphatic heterocycles. The van der Waals surface area contributed by atoms with E-state index in [1.165, 1.54) is 16.7 Å². The number of amides is 2. The average molecular weight is 475 g/mol.